The minimum Gasteiger partial charge on any atom is -0.392 e. The van der Waals surface area contributed by atoms with E-state index in [2.05, 4.69) is 10.2 Å². The summed E-state index contributed by atoms with van der Waals surface area (Å²) in [4.78, 5) is 14.1. The molecule has 5 heteroatoms. The number of hydrogen-bond donors (Lipinski definition) is 2. The number of carbonyl (C=O) groups is 1. The highest BCUT2D eigenvalue weighted by Gasteiger charge is 2.31. The summed E-state index contributed by atoms with van der Waals surface area (Å²) in [5.41, 5.74) is 0.958. The second-order valence-electron chi connectivity index (χ2n) is 5.07. The average molecular weight is 283 g/mol. The second-order valence-corrected chi connectivity index (χ2v) is 5.51. The van der Waals surface area contributed by atoms with Gasteiger partial charge in [0.25, 0.3) is 0 Å². The van der Waals surface area contributed by atoms with Crippen LogP contribution in [0.4, 0.5) is 0 Å². The van der Waals surface area contributed by atoms with Crippen LogP contribution in [-0.2, 0) is 11.3 Å². The summed E-state index contributed by atoms with van der Waals surface area (Å²) in [6.45, 7) is 1.87. The average Bonchev–Trinajstić information content (AvgIpc) is 2.39. The Hall–Kier alpha value is -1.10. The van der Waals surface area contributed by atoms with E-state index in [1.54, 1.807) is 6.07 Å². The van der Waals surface area contributed by atoms with Crippen LogP contribution in [0.1, 0.15) is 12.0 Å². The molecular weight excluding hydrogens is 264 g/mol. The third-order valence-corrected chi connectivity index (χ3v) is 3.71. The number of aliphatic hydroxyl groups excluding tert-OH is 1. The summed E-state index contributed by atoms with van der Waals surface area (Å²) < 4.78 is 0. The summed E-state index contributed by atoms with van der Waals surface area (Å²) in [6, 6.07) is 7.39. The van der Waals surface area contributed by atoms with Crippen molar-refractivity contribution in [2.45, 2.75) is 19.1 Å². The molecule has 0 aliphatic carbocycles. The molecule has 4 nitrogen and oxygen atoms in total. The Labute approximate surface area is 118 Å². The van der Waals surface area contributed by atoms with Crippen LogP contribution in [0.25, 0.3) is 0 Å². The van der Waals surface area contributed by atoms with Crippen molar-refractivity contribution in [3.63, 3.8) is 0 Å². The zero-order valence-corrected chi connectivity index (χ0v) is 11.7. The predicted octanol–water partition coefficient (Wildman–Crippen LogP) is 1.27. The van der Waals surface area contributed by atoms with Crippen LogP contribution >= 0.6 is 11.6 Å². The lowest BCUT2D eigenvalue weighted by atomic mass is 9.94. The predicted molar refractivity (Wildman–Crippen MR) is 74.9 cm³/mol. The SMILES string of the molecule is CN1CC[C@@H](O)[C@H](C(=O)NCc2cccc(Cl)c2)C1. The summed E-state index contributed by atoms with van der Waals surface area (Å²) >= 11 is 5.89. The lowest BCUT2D eigenvalue weighted by Crippen LogP contribution is -2.48. The van der Waals surface area contributed by atoms with E-state index >= 15 is 0 Å². The van der Waals surface area contributed by atoms with Crippen LogP contribution in [0.2, 0.25) is 5.02 Å². The fraction of sp³-hybridized carbons (Fsp3) is 0.500. The van der Waals surface area contributed by atoms with Gasteiger partial charge in [-0.2, -0.15) is 0 Å². The summed E-state index contributed by atoms with van der Waals surface area (Å²) in [5.74, 6) is -0.447. The number of aliphatic hydroxyl groups is 1. The van der Waals surface area contributed by atoms with Crippen LogP contribution in [-0.4, -0.2) is 42.2 Å². The second kappa shape index (κ2) is 6.37. The molecule has 0 unspecified atom stereocenters. The quantitative estimate of drug-likeness (QED) is 0.878. The molecule has 1 aliphatic heterocycles. The van der Waals surface area contributed by atoms with Gasteiger partial charge in [-0.05, 0) is 31.2 Å². The third kappa shape index (κ3) is 3.93. The highest BCUT2D eigenvalue weighted by Crippen LogP contribution is 2.16. The smallest absolute Gasteiger partial charge is 0.227 e. The van der Waals surface area contributed by atoms with Gasteiger partial charge in [0, 0.05) is 24.7 Å². The number of hydrogen-bond acceptors (Lipinski definition) is 3. The molecule has 1 amide bonds. The summed E-state index contributed by atoms with van der Waals surface area (Å²) in [7, 11) is 1.96. The molecule has 2 atom stereocenters. The standard InChI is InChI=1S/C14H19ClN2O2/c1-17-6-5-13(18)12(9-17)14(19)16-8-10-3-2-4-11(15)7-10/h2-4,7,12-13,18H,5-6,8-9H2,1H3,(H,16,19)/t12-,13-/m1/s1. The number of piperidine rings is 1. The molecule has 0 bridgehead atoms. The largest absolute Gasteiger partial charge is 0.392 e. The van der Waals surface area contributed by atoms with Crippen molar-refractivity contribution in [2.24, 2.45) is 5.92 Å². The first-order valence-corrected chi connectivity index (χ1v) is 6.83. The highest BCUT2D eigenvalue weighted by molar-refractivity contribution is 6.30. The topological polar surface area (TPSA) is 52.6 Å². The highest BCUT2D eigenvalue weighted by atomic mass is 35.5. The van der Waals surface area contributed by atoms with E-state index in [1.165, 1.54) is 0 Å². The maximum Gasteiger partial charge on any atom is 0.227 e. The van der Waals surface area contributed by atoms with Crippen LogP contribution in [0, 0.1) is 5.92 Å². The van der Waals surface area contributed by atoms with Crippen molar-refractivity contribution < 1.29 is 9.90 Å². The Morgan fingerprint density at radius 3 is 3.11 bits per heavy atom. The Kier molecular flexibility index (Phi) is 4.80. The summed E-state index contributed by atoms with van der Waals surface area (Å²) in [5, 5.41) is 13.4. The zero-order chi connectivity index (χ0) is 13.8. The Morgan fingerprint density at radius 2 is 2.37 bits per heavy atom. The number of benzene rings is 1. The van der Waals surface area contributed by atoms with Crippen molar-refractivity contribution in [1.82, 2.24) is 10.2 Å². The number of rotatable bonds is 3. The molecular formula is C14H19ClN2O2. The molecule has 1 aromatic rings. The molecule has 1 fully saturated rings. The van der Waals surface area contributed by atoms with E-state index in [0.29, 0.717) is 24.5 Å². The monoisotopic (exact) mass is 282 g/mol. The molecule has 0 aromatic heterocycles. The number of carbonyl (C=O) groups excluding carboxylic acids is 1. The van der Waals surface area contributed by atoms with Crippen molar-refractivity contribution in [3.8, 4) is 0 Å². The van der Waals surface area contributed by atoms with Gasteiger partial charge in [0.1, 0.15) is 0 Å². The molecule has 0 spiro atoms. The van der Waals surface area contributed by atoms with Crippen molar-refractivity contribution in [1.29, 1.82) is 0 Å². The van der Waals surface area contributed by atoms with Crippen LogP contribution < -0.4 is 5.32 Å². The van der Waals surface area contributed by atoms with Gasteiger partial charge >= 0.3 is 0 Å². The molecule has 19 heavy (non-hydrogen) atoms. The fourth-order valence-electron chi connectivity index (χ4n) is 2.33. The van der Waals surface area contributed by atoms with Gasteiger partial charge in [-0.3, -0.25) is 4.79 Å². The van der Waals surface area contributed by atoms with Gasteiger partial charge in [-0.15, -0.1) is 0 Å². The van der Waals surface area contributed by atoms with E-state index in [9.17, 15) is 9.90 Å². The number of halogens is 1. The number of amides is 1. The van der Waals surface area contributed by atoms with Gasteiger partial charge in [-0.25, -0.2) is 0 Å². The molecule has 1 aromatic carbocycles. The van der Waals surface area contributed by atoms with E-state index in [-0.39, 0.29) is 11.8 Å². The van der Waals surface area contributed by atoms with Crippen molar-refractivity contribution >= 4 is 17.5 Å². The molecule has 1 heterocycles. The summed E-state index contributed by atoms with van der Waals surface area (Å²) in [6.07, 6.45) is 0.0988. The molecule has 0 radical (unpaired) electrons. The van der Waals surface area contributed by atoms with Gasteiger partial charge in [0.2, 0.25) is 5.91 Å². The normalized spacial score (nSPS) is 24.2. The maximum absolute atomic E-state index is 12.1. The number of nitrogens with one attached hydrogen (secondary N) is 1. The Bertz CT molecular complexity index is 453. The molecule has 104 valence electrons. The van der Waals surface area contributed by atoms with Crippen LogP contribution in [0.5, 0.6) is 0 Å². The first-order chi connectivity index (χ1) is 9.06. The Morgan fingerprint density at radius 1 is 1.58 bits per heavy atom. The van der Waals surface area contributed by atoms with E-state index < -0.39 is 6.10 Å². The maximum atomic E-state index is 12.1. The first kappa shape index (κ1) is 14.3. The number of nitrogens with zero attached hydrogens (tertiary/aromatic N) is 1. The van der Waals surface area contributed by atoms with Gasteiger partial charge in [-0.1, -0.05) is 23.7 Å². The molecule has 2 N–H and O–H groups in total. The number of likely N-dealkylation sites (tertiary alicyclic amines) is 1. The first-order valence-electron chi connectivity index (χ1n) is 6.45. The molecule has 0 saturated carbocycles. The van der Waals surface area contributed by atoms with Gasteiger partial charge in [0.15, 0.2) is 0 Å². The fourth-order valence-corrected chi connectivity index (χ4v) is 2.54. The van der Waals surface area contributed by atoms with E-state index in [1.807, 2.05) is 25.2 Å². The minimum atomic E-state index is -0.546. The third-order valence-electron chi connectivity index (χ3n) is 3.47. The lowest BCUT2D eigenvalue weighted by molar-refractivity contribution is -0.131. The van der Waals surface area contributed by atoms with Gasteiger partial charge in [0.05, 0.1) is 12.0 Å². The molecule has 2 rings (SSSR count). The van der Waals surface area contributed by atoms with Crippen LogP contribution in [0.3, 0.4) is 0 Å². The van der Waals surface area contributed by atoms with Gasteiger partial charge < -0.3 is 15.3 Å². The van der Waals surface area contributed by atoms with E-state index in [0.717, 1.165) is 12.1 Å². The van der Waals surface area contributed by atoms with Crippen molar-refractivity contribution in [2.75, 3.05) is 20.1 Å². The Balaban J connectivity index is 1.90. The molecule has 1 saturated heterocycles. The minimum absolute atomic E-state index is 0.0981. The van der Waals surface area contributed by atoms with Crippen LogP contribution in [0.15, 0.2) is 24.3 Å². The lowest BCUT2D eigenvalue weighted by Gasteiger charge is -2.32. The molecule has 1 aliphatic rings. The van der Waals surface area contributed by atoms with E-state index in [4.69, 9.17) is 11.6 Å². The zero-order valence-electron chi connectivity index (χ0n) is 11.0. The van der Waals surface area contributed by atoms with Crippen molar-refractivity contribution in [3.05, 3.63) is 34.9 Å².